The predicted octanol–water partition coefficient (Wildman–Crippen LogP) is 5.89. The zero-order valence-corrected chi connectivity index (χ0v) is 24.6. The lowest BCUT2D eigenvalue weighted by atomic mass is 9.57. The first-order valence-corrected chi connectivity index (χ1v) is 15.7. The minimum Gasteiger partial charge on any atom is -0.508 e. The number of rotatable bonds is 7. The molecular formula is C34H41BN2O5. The molecule has 4 aliphatic rings. The summed E-state index contributed by atoms with van der Waals surface area (Å²) in [5.41, 5.74) is 5.05. The number of hydrogen-bond acceptors (Lipinski definition) is 6. The Balaban J connectivity index is 1.31. The zero-order valence-electron chi connectivity index (χ0n) is 24.6. The van der Waals surface area contributed by atoms with E-state index >= 15 is 0 Å². The highest BCUT2D eigenvalue weighted by atomic mass is 16.5. The average Bonchev–Trinajstić information content (AvgIpc) is 3.24. The van der Waals surface area contributed by atoms with E-state index in [2.05, 4.69) is 18.8 Å². The van der Waals surface area contributed by atoms with Crippen LogP contribution in [0.15, 0.2) is 59.8 Å². The first-order chi connectivity index (χ1) is 20.3. The predicted molar refractivity (Wildman–Crippen MR) is 163 cm³/mol. The van der Waals surface area contributed by atoms with Crippen LogP contribution in [0.25, 0.3) is 11.6 Å². The third kappa shape index (κ3) is 5.59. The fourth-order valence-corrected chi connectivity index (χ4v) is 7.90. The van der Waals surface area contributed by atoms with Crippen LogP contribution in [0.4, 0.5) is 0 Å². The van der Waals surface area contributed by atoms with Gasteiger partial charge in [0.25, 0.3) is 0 Å². The lowest BCUT2D eigenvalue weighted by Crippen LogP contribution is -2.47. The third-order valence-corrected chi connectivity index (χ3v) is 9.80. The number of aromatic hydroxyl groups is 1. The number of allylic oxidation sites excluding steroid dienone is 2. The Hall–Kier alpha value is -3.23. The van der Waals surface area contributed by atoms with Crippen molar-refractivity contribution in [2.24, 2.45) is 23.7 Å². The smallest absolute Gasteiger partial charge is 0.455 e. The second-order valence-corrected chi connectivity index (χ2v) is 12.7. The molecule has 7 nitrogen and oxygen atoms in total. The van der Waals surface area contributed by atoms with Crippen LogP contribution in [0.1, 0.15) is 76.5 Å². The highest BCUT2D eigenvalue weighted by molar-refractivity contribution is 6.43. The van der Waals surface area contributed by atoms with Crippen molar-refractivity contribution in [3.05, 3.63) is 71.1 Å². The van der Waals surface area contributed by atoms with Gasteiger partial charge in [-0.1, -0.05) is 56.9 Å². The lowest BCUT2D eigenvalue weighted by molar-refractivity contribution is -0.143. The van der Waals surface area contributed by atoms with E-state index < -0.39 is 13.0 Å². The van der Waals surface area contributed by atoms with Crippen LogP contribution < -0.4 is 0 Å². The van der Waals surface area contributed by atoms with Gasteiger partial charge in [-0.05, 0) is 97.3 Å². The van der Waals surface area contributed by atoms with Crippen molar-refractivity contribution >= 4 is 30.6 Å². The standard InChI is InChI=1S/C34H41BN2O5/c1-21(2)26-19-27-32(34(40)37(33(27)39)24-10-4-3-5-11-24)28-20-35(41)42-30(31(26)28)15-14-23(29-13-6-7-16-36-29)17-22-9-8-12-25(38)18-22/h6-9,12-13,16-18,21,24,27-28,30,32,38,41H,3-5,10-11,14-15,19-20H2,1-2H3/b23-17-/t27-,28+,30-,32-/m1/s1. The molecule has 2 amide bonds. The number of likely N-dealkylation sites (tertiary alicyclic amines) is 1. The number of phenolic OH excluding ortho intramolecular Hbond substituents is 1. The van der Waals surface area contributed by atoms with Gasteiger partial charge >= 0.3 is 7.12 Å². The minimum absolute atomic E-state index is 0.00174. The van der Waals surface area contributed by atoms with Crippen LogP contribution in [-0.2, 0) is 14.2 Å². The Morgan fingerprint density at radius 2 is 1.90 bits per heavy atom. The van der Waals surface area contributed by atoms with Gasteiger partial charge in [0, 0.05) is 12.2 Å². The summed E-state index contributed by atoms with van der Waals surface area (Å²) < 4.78 is 6.25. The fourth-order valence-electron chi connectivity index (χ4n) is 7.90. The van der Waals surface area contributed by atoms with Gasteiger partial charge < -0.3 is 14.8 Å². The molecule has 6 rings (SSSR count). The molecule has 3 heterocycles. The summed E-state index contributed by atoms with van der Waals surface area (Å²) in [6.45, 7) is 4.31. The normalized spacial score (nSPS) is 27.1. The molecule has 0 unspecified atom stereocenters. The highest BCUT2D eigenvalue weighted by Crippen LogP contribution is 2.53. The van der Waals surface area contributed by atoms with Crippen LogP contribution in [0, 0.1) is 23.7 Å². The van der Waals surface area contributed by atoms with Crippen molar-refractivity contribution in [3.63, 3.8) is 0 Å². The van der Waals surface area contributed by atoms with Crippen LogP contribution >= 0.6 is 0 Å². The van der Waals surface area contributed by atoms with Gasteiger partial charge in [0.1, 0.15) is 5.75 Å². The molecule has 2 saturated heterocycles. The summed E-state index contributed by atoms with van der Waals surface area (Å²) in [7, 11) is -0.990. The first kappa shape index (κ1) is 28.9. The van der Waals surface area contributed by atoms with Gasteiger partial charge in [-0.2, -0.15) is 0 Å². The molecule has 1 aromatic heterocycles. The van der Waals surface area contributed by atoms with Crippen molar-refractivity contribution in [1.82, 2.24) is 9.88 Å². The number of aromatic nitrogens is 1. The van der Waals surface area contributed by atoms with E-state index in [-0.39, 0.29) is 47.5 Å². The quantitative estimate of drug-likeness (QED) is 0.245. The number of hydrogen-bond donors (Lipinski definition) is 2. The van der Waals surface area contributed by atoms with E-state index in [1.165, 1.54) is 5.57 Å². The second kappa shape index (κ2) is 12.2. The highest BCUT2D eigenvalue weighted by Gasteiger charge is 2.58. The van der Waals surface area contributed by atoms with Crippen molar-refractivity contribution < 1.29 is 24.4 Å². The maximum Gasteiger partial charge on any atom is 0.455 e. The number of benzene rings is 1. The van der Waals surface area contributed by atoms with Gasteiger partial charge in [0.2, 0.25) is 11.8 Å². The maximum absolute atomic E-state index is 14.0. The SMILES string of the molecule is CC(C)C1=C2[C@@H](CC/C(=C/c3cccc(O)c3)c3ccccn3)OB(O)C[C@@H]2[C@@H]2C(=O)N(C3CCCCC3)C(=O)[C@@H]2C1. The topological polar surface area (TPSA) is 100.0 Å². The molecule has 0 bridgehead atoms. The number of nitrogens with zero attached hydrogens (tertiary/aromatic N) is 2. The van der Waals surface area contributed by atoms with Crippen molar-refractivity contribution in [1.29, 1.82) is 0 Å². The molecule has 0 radical (unpaired) electrons. The van der Waals surface area contributed by atoms with Crippen LogP contribution in [0.3, 0.4) is 0 Å². The average molecular weight is 569 g/mol. The molecule has 2 aliphatic carbocycles. The number of imide groups is 1. The molecule has 3 fully saturated rings. The van der Waals surface area contributed by atoms with Gasteiger partial charge in [-0.15, -0.1) is 0 Å². The van der Waals surface area contributed by atoms with Crippen molar-refractivity contribution in [2.75, 3.05) is 0 Å². The summed E-state index contributed by atoms with van der Waals surface area (Å²) in [4.78, 5) is 34.0. The molecule has 4 atom stereocenters. The molecule has 8 heteroatoms. The second-order valence-electron chi connectivity index (χ2n) is 12.7. The number of phenols is 1. The van der Waals surface area contributed by atoms with E-state index in [1.807, 2.05) is 36.4 Å². The zero-order chi connectivity index (χ0) is 29.4. The summed E-state index contributed by atoms with van der Waals surface area (Å²) in [6, 6.07) is 13.0. The number of fused-ring (bicyclic) bond motifs is 3. The Morgan fingerprint density at radius 1 is 1.10 bits per heavy atom. The number of amides is 2. The summed E-state index contributed by atoms with van der Waals surface area (Å²) in [6.07, 6.45) is 10.7. The summed E-state index contributed by atoms with van der Waals surface area (Å²) >= 11 is 0. The number of carbonyl (C=O) groups excluding carboxylic acids is 2. The Kier molecular flexibility index (Phi) is 8.37. The Morgan fingerprint density at radius 3 is 2.62 bits per heavy atom. The third-order valence-electron chi connectivity index (χ3n) is 9.80. The van der Waals surface area contributed by atoms with E-state index in [9.17, 15) is 19.7 Å². The van der Waals surface area contributed by atoms with Crippen LogP contribution in [0.2, 0.25) is 6.32 Å². The Bertz CT molecular complexity index is 1380. The minimum atomic E-state index is -0.990. The fraction of sp³-hybridized carbons (Fsp3) is 0.500. The van der Waals surface area contributed by atoms with Gasteiger partial charge in [-0.3, -0.25) is 19.5 Å². The summed E-state index contributed by atoms with van der Waals surface area (Å²) in [5, 5.41) is 21.0. The molecule has 1 aromatic carbocycles. The molecule has 2 aromatic rings. The number of carbonyl (C=O) groups is 2. The van der Waals surface area contributed by atoms with Crippen molar-refractivity contribution in [3.8, 4) is 5.75 Å². The molecule has 2 N–H and O–H groups in total. The van der Waals surface area contributed by atoms with Gasteiger partial charge in [0.05, 0.1) is 23.6 Å². The van der Waals surface area contributed by atoms with E-state index in [0.717, 1.165) is 54.5 Å². The van der Waals surface area contributed by atoms with Crippen LogP contribution in [0.5, 0.6) is 5.75 Å². The number of pyridine rings is 1. The van der Waals surface area contributed by atoms with E-state index in [0.29, 0.717) is 25.6 Å². The lowest BCUT2D eigenvalue weighted by Gasteiger charge is -2.44. The molecule has 0 spiro atoms. The van der Waals surface area contributed by atoms with Crippen LogP contribution in [-0.4, -0.2) is 51.1 Å². The molecule has 220 valence electrons. The van der Waals surface area contributed by atoms with Crippen molar-refractivity contribution in [2.45, 2.75) is 83.7 Å². The summed E-state index contributed by atoms with van der Waals surface area (Å²) in [5.74, 6) is -0.594. The maximum atomic E-state index is 14.0. The molecular weight excluding hydrogens is 527 g/mol. The molecule has 2 aliphatic heterocycles. The molecule has 42 heavy (non-hydrogen) atoms. The Labute approximate surface area is 248 Å². The van der Waals surface area contributed by atoms with E-state index in [4.69, 9.17) is 4.65 Å². The monoisotopic (exact) mass is 568 g/mol. The van der Waals surface area contributed by atoms with Gasteiger partial charge in [-0.25, -0.2) is 0 Å². The van der Waals surface area contributed by atoms with E-state index in [1.54, 1.807) is 23.2 Å². The van der Waals surface area contributed by atoms with Gasteiger partial charge in [0.15, 0.2) is 0 Å². The first-order valence-electron chi connectivity index (χ1n) is 15.7. The molecule has 1 saturated carbocycles. The largest absolute Gasteiger partial charge is 0.508 e.